The number of hydrogen-bond acceptors (Lipinski definition) is 6. The number of likely N-dealkylation sites (tertiary alicyclic amines) is 1. The third kappa shape index (κ3) is 5.63. The van der Waals surface area contributed by atoms with Crippen LogP contribution >= 0.6 is 0 Å². The average molecular weight is 471 g/mol. The van der Waals surface area contributed by atoms with Crippen molar-refractivity contribution in [1.82, 2.24) is 20.7 Å². The number of hydrogen-bond donors (Lipinski definition) is 4. The number of aromatic nitrogens is 1. The zero-order valence-electron chi connectivity index (χ0n) is 19.5. The van der Waals surface area contributed by atoms with Gasteiger partial charge in [0, 0.05) is 24.5 Å². The van der Waals surface area contributed by atoms with E-state index in [1.165, 1.54) is 4.90 Å². The van der Waals surface area contributed by atoms with Crippen molar-refractivity contribution in [3.05, 3.63) is 58.9 Å². The van der Waals surface area contributed by atoms with Gasteiger partial charge >= 0.3 is 6.09 Å². The Hall–Kier alpha value is -3.66. The number of hydroxylamine groups is 1. The molecule has 3 rings (SSSR count). The normalized spacial score (nSPS) is 18.5. The van der Waals surface area contributed by atoms with Gasteiger partial charge in [0.15, 0.2) is 0 Å². The lowest BCUT2D eigenvalue weighted by molar-refractivity contribution is -0.144. The summed E-state index contributed by atoms with van der Waals surface area (Å²) < 4.78 is 5.89. The Morgan fingerprint density at radius 3 is 2.44 bits per heavy atom. The van der Waals surface area contributed by atoms with Crippen LogP contribution < -0.4 is 15.5 Å². The predicted octanol–water partition coefficient (Wildman–Crippen LogP) is 2.30. The Labute approximate surface area is 197 Å². The lowest BCUT2D eigenvalue weighted by Gasteiger charge is -2.29. The molecule has 0 aliphatic carbocycles. The van der Waals surface area contributed by atoms with Gasteiger partial charge in [0.2, 0.25) is 5.91 Å². The summed E-state index contributed by atoms with van der Waals surface area (Å²) in [6.07, 6.45) is -0.706. The van der Waals surface area contributed by atoms with E-state index in [4.69, 9.17) is 15.1 Å². The summed E-state index contributed by atoms with van der Waals surface area (Å²) in [7, 11) is 0. The second-order valence-corrected chi connectivity index (χ2v) is 8.66. The number of carbonyl (C=O) groups is 3. The lowest BCUT2D eigenvalue weighted by Crippen LogP contribution is -2.50. The molecule has 2 heterocycles. The highest BCUT2D eigenvalue weighted by atomic mass is 16.5. The Morgan fingerprint density at radius 2 is 1.85 bits per heavy atom. The van der Waals surface area contributed by atoms with Crippen LogP contribution in [-0.2, 0) is 21.6 Å². The number of carboxylic acid groups (broad SMARTS) is 1. The molecule has 1 aliphatic heterocycles. The summed E-state index contributed by atoms with van der Waals surface area (Å²) in [5.74, 6) is -0.345. The minimum Gasteiger partial charge on any atom is -0.489 e. The summed E-state index contributed by atoms with van der Waals surface area (Å²) in [4.78, 5) is 42.0. The van der Waals surface area contributed by atoms with E-state index in [0.717, 1.165) is 22.5 Å². The first-order valence-electron chi connectivity index (χ1n) is 11.0. The van der Waals surface area contributed by atoms with E-state index < -0.39 is 23.5 Å². The molecule has 1 fully saturated rings. The SMILES string of the molecule is Cc1cc(COc2ccc(C3(C)CCN(C(CCNC(=O)O)C(=O)NO)C3=O)cc2)cc(C)n1. The number of carbonyl (C=O) groups excluding carboxylic acids is 2. The predicted molar refractivity (Wildman–Crippen MR) is 123 cm³/mol. The third-order valence-electron chi connectivity index (χ3n) is 6.11. The number of nitrogens with one attached hydrogen (secondary N) is 2. The van der Waals surface area contributed by atoms with Crippen LogP contribution in [0, 0.1) is 13.8 Å². The maximum atomic E-state index is 13.3. The smallest absolute Gasteiger partial charge is 0.404 e. The molecule has 3 amide bonds. The summed E-state index contributed by atoms with van der Waals surface area (Å²) in [5.41, 5.74) is 4.39. The van der Waals surface area contributed by atoms with Gasteiger partial charge in [0.25, 0.3) is 5.91 Å². The first-order chi connectivity index (χ1) is 16.1. The molecule has 10 heteroatoms. The van der Waals surface area contributed by atoms with E-state index in [2.05, 4.69) is 10.3 Å². The van der Waals surface area contributed by atoms with Gasteiger partial charge in [-0.2, -0.15) is 0 Å². The molecule has 0 radical (unpaired) electrons. The van der Waals surface area contributed by atoms with Crippen LogP contribution in [0.2, 0.25) is 0 Å². The molecule has 1 aliphatic rings. The molecule has 2 aromatic rings. The molecule has 10 nitrogen and oxygen atoms in total. The van der Waals surface area contributed by atoms with Crippen molar-refractivity contribution in [3.63, 3.8) is 0 Å². The van der Waals surface area contributed by atoms with Gasteiger partial charge in [-0.25, -0.2) is 10.3 Å². The highest BCUT2D eigenvalue weighted by Crippen LogP contribution is 2.37. The molecule has 0 spiro atoms. The molecule has 1 aromatic carbocycles. The number of rotatable bonds is 9. The van der Waals surface area contributed by atoms with Crippen LogP contribution in [0.15, 0.2) is 36.4 Å². The fourth-order valence-electron chi connectivity index (χ4n) is 4.34. The zero-order valence-corrected chi connectivity index (χ0v) is 19.5. The number of benzene rings is 1. The summed E-state index contributed by atoms with van der Waals surface area (Å²) in [6, 6.07) is 10.3. The molecule has 1 saturated heterocycles. The van der Waals surface area contributed by atoms with Crippen molar-refractivity contribution < 1.29 is 29.4 Å². The second kappa shape index (κ2) is 10.5. The van der Waals surface area contributed by atoms with Crippen LogP contribution in [0.5, 0.6) is 5.75 Å². The number of ether oxygens (including phenoxy) is 1. The number of amides is 3. The van der Waals surface area contributed by atoms with E-state index in [-0.39, 0.29) is 18.9 Å². The van der Waals surface area contributed by atoms with Crippen molar-refractivity contribution in [2.75, 3.05) is 13.1 Å². The van der Waals surface area contributed by atoms with Gasteiger partial charge < -0.3 is 20.1 Å². The lowest BCUT2D eigenvalue weighted by atomic mass is 9.81. The van der Waals surface area contributed by atoms with Gasteiger partial charge in [-0.1, -0.05) is 12.1 Å². The number of aryl methyl sites for hydroxylation is 2. The standard InChI is InChI=1S/C24H30N4O6/c1-15-12-17(13-16(2)26-15)14-34-19-6-4-18(5-7-19)24(3)9-11-28(22(24)30)20(21(29)27-33)8-10-25-23(31)32/h4-7,12-13,20,25,33H,8-11,14H2,1-3H3,(H,27,29)(H,31,32). The average Bonchev–Trinajstić information content (AvgIpc) is 3.09. The van der Waals surface area contributed by atoms with E-state index in [0.29, 0.717) is 25.3 Å². The second-order valence-electron chi connectivity index (χ2n) is 8.66. The summed E-state index contributed by atoms with van der Waals surface area (Å²) in [6.45, 7) is 6.36. The molecule has 2 atom stereocenters. The van der Waals surface area contributed by atoms with E-state index in [1.807, 2.05) is 57.2 Å². The molecule has 1 aromatic heterocycles. The van der Waals surface area contributed by atoms with Crippen molar-refractivity contribution in [2.45, 2.75) is 51.7 Å². The first kappa shape index (κ1) is 25.0. The van der Waals surface area contributed by atoms with Gasteiger partial charge in [0.1, 0.15) is 18.4 Å². The zero-order chi connectivity index (χ0) is 24.9. The molecule has 2 unspecified atom stereocenters. The maximum absolute atomic E-state index is 13.3. The van der Waals surface area contributed by atoms with Crippen LogP contribution in [0.4, 0.5) is 4.79 Å². The van der Waals surface area contributed by atoms with E-state index in [1.54, 1.807) is 5.48 Å². The molecular weight excluding hydrogens is 440 g/mol. The number of pyridine rings is 1. The minimum absolute atomic E-state index is 0.0313. The van der Waals surface area contributed by atoms with Gasteiger partial charge in [-0.05, 0) is 69.0 Å². The molecule has 0 bridgehead atoms. The Balaban J connectivity index is 1.69. The molecule has 4 N–H and O–H groups in total. The topological polar surface area (TPSA) is 141 Å². The van der Waals surface area contributed by atoms with E-state index in [9.17, 15) is 14.4 Å². The fourth-order valence-corrected chi connectivity index (χ4v) is 4.34. The molecular formula is C24H30N4O6. The highest BCUT2D eigenvalue weighted by molar-refractivity contribution is 5.94. The molecule has 182 valence electrons. The van der Waals surface area contributed by atoms with Crippen LogP contribution in [0.1, 0.15) is 42.3 Å². The summed E-state index contributed by atoms with van der Waals surface area (Å²) >= 11 is 0. The minimum atomic E-state index is -1.22. The Kier molecular flexibility index (Phi) is 7.72. The fraction of sp³-hybridized carbons (Fsp3) is 0.417. The maximum Gasteiger partial charge on any atom is 0.404 e. The summed E-state index contributed by atoms with van der Waals surface area (Å²) in [5, 5.41) is 20.1. The Bertz CT molecular complexity index is 1040. The van der Waals surface area contributed by atoms with Crippen molar-refractivity contribution in [2.24, 2.45) is 0 Å². The first-order valence-corrected chi connectivity index (χ1v) is 11.0. The van der Waals surface area contributed by atoms with E-state index >= 15 is 0 Å². The monoisotopic (exact) mass is 470 g/mol. The third-order valence-corrected chi connectivity index (χ3v) is 6.11. The highest BCUT2D eigenvalue weighted by Gasteiger charge is 2.47. The van der Waals surface area contributed by atoms with Crippen LogP contribution in [0.3, 0.4) is 0 Å². The van der Waals surface area contributed by atoms with Crippen molar-refractivity contribution in [3.8, 4) is 5.75 Å². The molecule has 34 heavy (non-hydrogen) atoms. The van der Waals surface area contributed by atoms with Gasteiger partial charge in [-0.15, -0.1) is 0 Å². The van der Waals surface area contributed by atoms with Crippen molar-refractivity contribution in [1.29, 1.82) is 0 Å². The Morgan fingerprint density at radius 1 is 1.21 bits per heavy atom. The quantitative estimate of drug-likeness (QED) is 0.325. The van der Waals surface area contributed by atoms with Crippen LogP contribution in [-0.4, -0.2) is 57.2 Å². The van der Waals surface area contributed by atoms with Crippen LogP contribution in [0.25, 0.3) is 0 Å². The largest absolute Gasteiger partial charge is 0.489 e. The van der Waals surface area contributed by atoms with Crippen molar-refractivity contribution >= 4 is 17.9 Å². The molecule has 0 saturated carbocycles. The van der Waals surface area contributed by atoms with Gasteiger partial charge in [0.05, 0.1) is 5.41 Å². The number of nitrogens with zero attached hydrogens (tertiary/aromatic N) is 2. The van der Waals surface area contributed by atoms with Gasteiger partial charge in [-0.3, -0.25) is 19.8 Å².